The average Bonchev–Trinajstić information content (AvgIpc) is 2.17. The molecular weight excluding hydrogens is 215 g/mol. The summed E-state index contributed by atoms with van der Waals surface area (Å²) >= 11 is 5.98. The minimum atomic E-state index is 0.634. The molecule has 1 rings (SSSR count). The van der Waals surface area contributed by atoms with Gasteiger partial charge in [-0.1, -0.05) is 26.8 Å². The van der Waals surface area contributed by atoms with Gasteiger partial charge in [0.1, 0.15) is 5.76 Å². The lowest BCUT2D eigenvalue weighted by Gasteiger charge is -2.08. The number of ether oxygens (including phenoxy) is 1. The van der Waals surface area contributed by atoms with E-state index in [1.807, 2.05) is 19.1 Å². The largest absolute Gasteiger partial charge is 0.494 e. The Morgan fingerprint density at radius 2 is 2.21 bits per heavy atom. The highest BCUT2D eigenvalue weighted by atomic mass is 35.5. The predicted molar refractivity (Wildman–Crippen MR) is 66.0 cm³/mol. The fourth-order valence-electron chi connectivity index (χ4n) is 1.15. The maximum Gasteiger partial charge on any atom is 0.119 e. The number of hydrogen-bond donors (Lipinski definition) is 0. The Hall–Kier alpha value is -0.520. The van der Waals surface area contributed by atoms with Crippen LogP contribution < -0.4 is 5.30 Å². The zero-order valence-corrected chi connectivity index (χ0v) is 10.2. The maximum atomic E-state index is 5.98. The molecular formula is C11H14ClOP. The fourth-order valence-corrected chi connectivity index (χ4v) is 2.08. The Balaban J connectivity index is 2.96. The molecule has 0 fully saturated rings. The van der Waals surface area contributed by atoms with E-state index in [-0.39, 0.29) is 0 Å². The van der Waals surface area contributed by atoms with Crippen molar-refractivity contribution in [3.8, 4) is 0 Å². The van der Waals surface area contributed by atoms with Gasteiger partial charge in [-0.3, -0.25) is 0 Å². The molecule has 0 saturated carbocycles. The normalized spacial score (nSPS) is 10.8. The predicted octanol–water partition coefficient (Wildman–Crippen LogP) is 3.28. The Morgan fingerprint density at radius 3 is 2.79 bits per heavy atom. The quantitative estimate of drug-likeness (QED) is 0.568. The summed E-state index contributed by atoms with van der Waals surface area (Å²) < 4.78 is 5.33. The monoisotopic (exact) mass is 228 g/mol. The van der Waals surface area contributed by atoms with Crippen molar-refractivity contribution in [2.75, 3.05) is 13.3 Å². The van der Waals surface area contributed by atoms with E-state index < -0.39 is 0 Å². The molecule has 76 valence electrons. The first kappa shape index (κ1) is 11.6. The number of hydrogen-bond acceptors (Lipinski definition) is 1. The highest BCUT2D eigenvalue weighted by molar-refractivity contribution is 7.46. The second-order valence-electron chi connectivity index (χ2n) is 2.83. The summed E-state index contributed by atoms with van der Waals surface area (Å²) in [7, 11) is 0.736. The van der Waals surface area contributed by atoms with Crippen LogP contribution >= 0.6 is 20.2 Å². The van der Waals surface area contributed by atoms with Gasteiger partial charge in [-0.15, -0.1) is 0 Å². The van der Waals surface area contributed by atoms with Crippen molar-refractivity contribution < 1.29 is 4.74 Å². The molecule has 0 aliphatic rings. The third kappa shape index (κ3) is 3.01. The van der Waals surface area contributed by atoms with Crippen molar-refractivity contribution in [2.24, 2.45) is 0 Å². The summed E-state index contributed by atoms with van der Waals surface area (Å²) in [6, 6.07) is 5.92. The summed E-state index contributed by atoms with van der Waals surface area (Å²) in [5.74, 6) is 0.689. The first-order chi connectivity index (χ1) is 6.67. The molecule has 0 aromatic heterocycles. The van der Waals surface area contributed by atoms with Gasteiger partial charge in [0.05, 0.1) is 6.61 Å². The van der Waals surface area contributed by atoms with Crippen LogP contribution in [0.3, 0.4) is 0 Å². The minimum absolute atomic E-state index is 0.634. The highest BCUT2D eigenvalue weighted by Gasteiger charge is 2.02. The minimum Gasteiger partial charge on any atom is -0.494 e. The third-order valence-corrected chi connectivity index (χ3v) is 2.91. The van der Waals surface area contributed by atoms with E-state index in [0.29, 0.717) is 12.4 Å². The van der Waals surface area contributed by atoms with Gasteiger partial charge in [0.15, 0.2) is 0 Å². The molecule has 1 nitrogen and oxygen atoms in total. The van der Waals surface area contributed by atoms with Crippen LogP contribution in [-0.4, -0.2) is 13.3 Å². The number of benzene rings is 1. The molecule has 0 N–H and O–H groups in total. The van der Waals surface area contributed by atoms with Crippen LogP contribution in [0.15, 0.2) is 24.8 Å². The molecule has 1 unspecified atom stereocenters. The van der Waals surface area contributed by atoms with Crippen molar-refractivity contribution >= 4 is 31.2 Å². The standard InChI is InChI=1S/C11H14ClOP/c1-4-13-8(2)9-5-10(12)7-11(6-9)14-3/h5-7,14H,2,4H2,1,3H3. The maximum absolute atomic E-state index is 5.98. The second kappa shape index (κ2) is 5.38. The van der Waals surface area contributed by atoms with Crippen LogP contribution in [0.5, 0.6) is 0 Å². The summed E-state index contributed by atoms with van der Waals surface area (Å²) in [4.78, 5) is 0. The van der Waals surface area contributed by atoms with Crippen LogP contribution in [-0.2, 0) is 4.74 Å². The number of halogens is 1. The molecule has 0 amide bonds. The van der Waals surface area contributed by atoms with Gasteiger partial charge in [0, 0.05) is 10.6 Å². The highest BCUT2D eigenvalue weighted by Crippen LogP contribution is 2.20. The van der Waals surface area contributed by atoms with Gasteiger partial charge in [-0.25, -0.2) is 0 Å². The Labute approximate surface area is 91.9 Å². The van der Waals surface area contributed by atoms with E-state index in [9.17, 15) is 0 Å². The topological polar surface area (TPSA) is 9.23 Å². The lowest BCUT2D eigenvalue weighted by Crippen LogP contribution is -1.98. The molecule has 14 heavy (non-hydrogen) atoms. The summed E-state index contributed by atoms with van der Waals surface area (Å²) in [6.45, 7) is 8.55. The third-order valence-electron chi connectivity index (χ3n) is 1.83. The molecule has 0 aliphatic heterocycles. The SMILES string of the molecule is C=C(OCC)c1cc(Cl)cc(PC)c1. The molecule has 3 heteroatoms. The molecule has 1 aromatic carbocycles. The van der Waals surface area contributed by atoms with Crippen LogP contribution in [0.4, 0.5) is 0 Å². The van der Waals surface area contributed by atoms with Gasteiger partial charge in [0.25, 0.3) is 0 Å². The molecule has 1 aromatic rings. The molecule has 0 spiro atoms. The summed E-state index contributed by atoms with van der Waals surface area (Å²) in [6.07, 6.45) is 0. The van der Waals surface area contributed by atoms with E-state index in [0.717, 1.165) is 19.2 Å². The van der Waals surface area contributed by atoms with Crippen LogP contribution in [0.2, 0.25) is 5.02 Å². The molecule has 1 atom stereocenters. The van der Waals surface area contributed by atoms with Crippen molar-refractivity contribution in [3.63, 3.8) is 0 Å². The van der Waals surface area contributed by atoms with E-state index >= 15 is 0 Å². The Bertz CT molecular complexity index is 336. The smallest absolute Gasteiger partial charge is 0.119 e. The zero-order valence-electron chi connectivity index (χ0n) is 8.43. The second-order valence-corrected chi connectivity index (χ2v) is 4.35. The average molecular weight is 229 g/mol. The van der Waals surface area contributed by atoms with Crippen molar-refractivity contribution in [2.45, 2.75) is 6.92 Å². The van der Waals surface area contributed by atoms with Crippen molar-refractivity contribution in [1.29, 1.82) is 0 Å². The molecule has 0 bridgehead atoms. The first-order valence-electron chi connectivity index (χ1n) is 4.47. The first-order valence-corrected chi connectivity index (χ1v) is 6.35. The van der Waals surface area contributed by atoms with Crippen LogP contribution in [0.1, 0.15) is 12.5 Å². The molecule has 0 aliphatic carbocycles. The van der Waals surface area contributed by atoms with Crippen LogP contribution in [0, 0.1) is 0 Å². The Morgan fingerprint density at radius 1 is 1.50 bits per heavy atom. The van der Waals surface area contributed by atoms with E-state index in [4.69, 9.17) is 16.3 Å². The Kier molecular flexibility index (Phi) is 4.44. The molecule has 0 heterocycles. The van der Waals surface area contributed by atoms with Gasteiger partial charge in [-0.2, -0.15) is 0 Å². The van der Waals surface area contributed by atoms with Gasteiger partial charge >= 0.3 is 0 Å². The van der Waals surface area contributed by atoms with E-state index in [1.165, 1.54) is 5.30 Å². The van der Waals surface area contributed by atoms with E-state index in [1.54, 1.807) is 0 Å². The van der Waals surface area contributed by atoms with Crippen molar-refractivity contribution in [3.05, 3.63) is 35.4 Å². The zero-order chi connectivity index (χ0) is 10.6. The summed E-state index contributed by atoms with van der Waals surface area (Å²) in [5, 5.41) is 1.97. The lowest BCUT2D eigenvalue weighted by molar-refractivity contribution is 0.299. The summed E-state index contributed by atoms with van der Waals surface area (Å²) in [5.41, 5.74) is 0.976. The van der Waals surface area contributed by atoms with E-state index in [2.05, 4.69) is 19.3 Å². The van der Waals surface area contributed by atoms with Crippen molar-refractivity contribution in [1.82, 2.24) is 0 Å². The molecule has 0 saturated heterocycles. The van der Waals surface area contributed by atoms with Gasteiger partial charge < -0.3 is 4.74 Å². The van der Waals surface area contributed by atoms with Gasteiger partial charge in [-0.05, 0) is 37.1 Å². The van der Waals surface area contributed by atoms with Crippen LogP contribution in [0.25, 0.3) is 5.76 Å². The lowest BCUT2D eigenvalue weighted by atomic mass is 10.2. The fraction of sp³-hybridized carbons (Fsp3) is 0.273. The number of rotatable bonds is 4. The molecule has 0 radical (unpaired) electrons. The van der Waals surface area contributed by atoms with Gasteiger partial charge in [0.2, 0.25) is 0 Å².